The fraction of sp³-hybridized carbons (Fsp3) is 0.412. The van der Waals surface area contributed by atoms with Gasteiger partial charge in [-0.1, -0.05) is 11.6 Å². The zero-order valence-corrected chi connectivity index (χ0v) is 16.1. The first-order valence-corrected chi connectivity index (χ1v) is 7.32. The number of allylic oxidation sites excluding steroid dienone is 2. The third-order valence-electron chi connectivity index (χ3n) is 4.04. The Morgan fingerprint density at radius 1 is 1.38 bits per heavy atom. The van der Waals surface area contributed by atoms with Crippen molar-refractivity contribution in [1.82, 2.24) is 0 Å². The molecule has 0 aromatic heterocycles. The number of hydrogen-bond acceptors (Lipinski definition) is 5. The quantitative estimate of drug-likeness (QED) is 0.399. The third kappa shape index (κ3) is 3.29. The molecule has 0 spiro atoms. The van der Waals surface area contributed by atoms with Crippen LogP contribution in [0.4, 0.5) is 0 Å². The fourth-order valence-corrected chi connectivity index (χ4v) is 2.71. The number of carboxylic acid groups (broad SMARTS) is 1. The Kier molecular flexibility index (Phi) is 5.54. The molecule has 0 aliphatic carbocycles. The molecular weight excluding hydrogens is 557 g/mol. The number of phenols is 1. The number of aromatic hydroxyl groups is 1. The van der Waals surface area contributed by atoms with Gasteiger partial charge in [0.15, 0.2) is 0 Å². The molecule has 24 heavy (non-hydrogen) atoms. The average Bonchev–Trinajstić information content (AvgIpc) is 2.89. The topological polar surface area (TPSA) is 93.1 Å². The Morgan fingerprint density at radius 3 is 2.62 bits per heavy atom. The number of rotatable bonds is 6. The molecule has 0 amide bonds. The standard InChI is InChI=1S/C17H20O6.Fm/c1-9(5-7-13(18)19)4-6-11-15(20)14-12(8-23-17(14)21)10(2)16(11)22-3;/h4,20H,5-8H2,1-3H3,(H,18,19);/b9-4+;. The molecule has 2 rings (SSSR count). The summed E-state index contributed by atoms with van der Waals surface area (Å²) in [5.41, 5.74) is 3.04. The number of aliphatic carboxylic acids is 1. The van der Waals surface area contributed by atoms with Crippen LogP contribution in [0, 0.1) is 6.92 Å². The molecule has 0 saturated heterocycles. The van der Waals surface area contributed by atoms with Crippen molar-refractivity contribution in [1.29, 1.82) is 0 Å². The molecule has 1 aromatic carbocycles. The SMILES string of the molecule is COc1c(C)c2c(c(O)c1C/C=C(\C)CCC(=O)O)C(=O)OC2.[Fm]. The number of carbonyl (C=O) groups excluding carboxylic acids is 1. The minimum atomic E-state index is -0.853. The van der Waals surface area contributed by atoms with Crippen molar-refractivity contribution in [2.24, 2.45) is 0 Å². The van der Waals surface area contributed by atoms with Gasteiger partial charge in [-0.15, -0.1) is 0 Å². The maximum Gasteiger partial charge on any atom is 0.342 e. The second-order valence-corrected chi connectivity index (χ2v) is 5.56. The summed E-state index contributed by atoms with van der Waals surface area (Å²) < 4.78 is 10.4. The predicted molar refractivity (Wildman–Crippen MR) is 82.8 cm³/mol. The summed E-state index contributed by atoms with van der Waals surface area (Å²) >= 11 is 0. The number of fused-ring (bicyclic) bond motifs is 1. The van der Waals surface area contributed by atoms with Crippen LogP contribution in [0.1, 0.15) is 46.8 Å². The monoisotopic (exact) mass is 577 g/mol. The second-order valence-electron chi connectivity index (χ2n) is 5.56. The van der Waals surface area contributed by atoms with E-state index in [0.29, 0.717) is 29.7 Å². The molecule has 0 bridgehead atoms. The Morgan fingerprint density at radius 2 is 2.04 bits per heavy atom. The zero-order valence-electron chi connectivity index (χ0n) is 13.7. The van der Waals surface area contributed by atoms with Crippen molar-refractivity contribution in [2.45, 2.75) is 39.7 Å². The Labute approximate surface area is 134 Å². The molecule has 0 unspecified atom stereocenters. The summed E-state index contributed by atoms with van der Waals surface area (Å²) in [7, 11) is 1.51. The van der Waals surface area contributed by atoms with Crippen molar-refractivity contribution in [3.8, 4) is 11.5 Å². The number of cyclic esters (lactones) is 1. The first-order chi connectivity index (χ1) is 10.9. The van der Waals surface area contributed by atoms with E-state index in [0.717, 1.165) is 11.1 Å². The molecule has 0 saturated carbocycles. The number of carbonyl (C=O) groups is 2. The molecule has 136 valence electrons. The largest absolute Gasteiger partial charge is 0.507 e. The van der Waals surface area contributed by atoms with Crippen LogP contribution in [0.2, 0.25) is 0 Å². The fourth-order valence-electron chi connectivity index (χ4n) is 2.71. The van der Waals surface area contributed by atoms with Gasteiger partial charge in [0.25, 0.3) is 0 Å². The van der Waals surface area contributed by atoms with E-state index in [2.05, 4.69) is 0 Å². The van der Waals surface area contributed by atoms with Crippen LogP contribution in [-0.2, 0) is 22.6 Å². The van der Waals surface area contributed by atoms with E-state index in [1.807, 2.05) is 19.9 Å². The molecule has 0 atom stereocenters. The zero-order chi connectivity index (χ0) is 17.1. The van der Waals surface area contributed by atoms with Gasteiger partial charge in [0.1, 0.15) is 23.7 Å². The summed E-state index contributed by atoms with van der Waals surface area (Å²) in [6.07, 6.45) is 2.68. The maximum atomic E-state index is 11.8. The minimum absolute atomic E-state index is 0. The number of carboxylic acids is 1. The predicted octanol–water partition coefficient (Wildman–Crippen LogP) is 2.73. The van der Waals surface area contributed by atoms with E-state index in [4.69, 9.17) is 14.6 Å². The van der Waals surface area contributed by atoms with Crippen LogP contribution >= 0.6 is 0 Å². The number of esters is 1. The molecule has 0 fully saturated rings. The van der Waals surface area contributed by atoms with Gasteiger partial charge in [0.05, 0.1) is 7.11 Å². The first-order valence-electron chi connectivity index (χ1n) is 7.32. The van der Waals surface area contributed by atoms with E-state index in [1.54, 1.807) is 0 Å². The summed E-state index contributed by atoms with van der Waals surface area (Å²) in [5.74, 6) is -0.973. The van der Waals surface area contributed by atoms with Crippen LogP contribution < -0.4 is 4.74 Å². The second kappa shape index (κ2) is 7.17. The van der Waals surface area contributed by atoms with E-state index < -0.39 is 11.9 Å². The summed E-state index contributed by atoms with van der Waals surface area (Å²) in [4.78, 5) is 22.4. The summed E-state index contributed by atoms with van der Waals surface area (Å²) in [6, 6.07) is 0. The number of hydrogen-bond donors (Lipinski definition) is 2. The van der Waals surface area contributed by atoms with E-state index in [-0.39, 0.29) is 24.3 Å². The Hall–Kier alpha value is -3.50. The van der Waals surface area contributed by atoms with Gasteiger partial charge in [0, 0.05) is 17.5 Å². The normalized spacial score (nSPS) is 13.1. The number of methoxy groups -OCH3 is 1. The third-order valence-corrected chi connectivity index (χ3v) is 4.04. The van der Waals surface area contributed by atoms with Crippen LogP contribution in [0.15, 0.2) is 11.6 Å². The van der Waals surface area contributed by atoms with Gasteiger partial charge >= 0.3 is 11.9 Å². The average molecular weight is 577 g/mol. The van der Waals surface area contributed by atoms with E-state index in [1.165, 1.54) is 7.11 Å². The molecule has 0 radical (unpaired) electrons. The summed E-state index contributed by atoms with van der Waals surface area (Å²) in [6.45, 7) is 3.79. The van der Waals surface area contributed by atoms with Gasteiger partial charge in [-0.05, 0) is 32.3 Å². The van der Waals surface area contributed by atoms with Crippen LogP contribution in [0.3, 0.4) is 0 Å². The first kappa shape index (κ1) is 18.5. The van der Waals surface area contributed by atoms with Crippen molar-refractivity contribution < 1.29 is 29.3 Å². The number of ether oxygens (including phenoxy) is 2. The van der Waals surface area contributed by atoms with Crippen LogP contribution in [0.5, 0.6) is 11.5 Å². The van der Waals surface area contributed by atoms with E-state index >= 15 is 0 Å². The van der Waals surface area contributed by atoms with Crippen LogP contribution in [-0.4, -0.2) is 29.3 Å². The number of phenolic OH excluding ortho intramolecular Hbond substituents is 1. The molecule has 7 heteroatoms. The Balaban J connectivity index is 0.00000288. The molecule has 1 aliphatic rings. The van der Waals surface area contributed by atoms with Crippen LogP contribution in [0.25, 0.3) is 0 Å². The smallest absolute Gasteiger partial charge is 0.342 e. The maximum absolute atomic E-state index is 11.8. The number of benzene rings is 1. The van der Waals surface area contributed by atoms with E-state index in [9.17, 15) is 14.7 Å². The van der Waals surface area contributed by atoms with Gasteiger partial charge in [-0.25, -0.2) is 4.79 Å². The molecule has 1 aromatic rings. The van der Waals surface area contributed by atoms with Gasteiger partial charge in [0.2, 0.25) is 0 Å². The minimum Gasteiger partial charge on any atom is -0.507 e. The van der Waals surface area contributed by atoms with Gasteiger partial charge in [-0.2, -0.15) is 0 Å². The molecule has 2 N–H and O–H groups in total. The van der Waals surface area contributed by atoms with Gasteiger partial charge < -0.3 is 19.7 Å². The van der Waals surface area contributed by atoms with Crippen molar-refractivity contribution in [2.75, 3.05) is 7.11 Å². The molecule has 1 heterocycles. The van der Waals surface area contributed by atoms with Crippen molar-refractivity contribution in [3.63, 3.8) is 0 Å². The summed E-state index contributed by atoms with van der Waals surface area (Å²) in [5, 5.41) is 19.1. The van der Waals surface area contributed by atoms with Crippen molar-refractivity contribution in [3.05, 3.63) is 33.9 Å². The van der Waals surface area contributed by atoms with Crippen molar-refractivity contribution >= 4 is 11.9 Å². The molecule has 6 nitrogen and oxygen atoms in total. The molecule has 1 aliphatic heterocycles. The molecular formula is C17H20FmO6. The van der Waals surface area contributed by atoms with Gasteiger partial charge in [-0.3, -0.25) is 4.79 Å². The Bertz CT molecular complexity index is 693.